The van der Waals surface area contributed by atoms with Crippen molar-refractivity contribution in [2.45, 2.75) is 12.1 Å². The molecule has 2 N–H and O–H groups in total. The van der Waals surface area contributed by atoms with Crippen LogP contribution in [0.2, 0.25) is 0 Å². The molecule has 7 rings (SSSR count). The number of carbonyl (C=O) groups excluding carboxylic acids is 2. The number of benzene rings is 5. The molecule has 1 unspecified atom stereocenters. The first-order chi connectivity index (χ1) is 22.4. The second-order valence-electron chi connectivity index (χ2n) is 11.2. The first kappa shape index (κ1) is 28.4. The van der Waals surface area contributed by atoms with Gasteiger partial charge in [-0.3, -0.25) is 19.1 Å². The van der Waals surface area contributed by atoms with Crippen LogP contribution < -0.4 is 5.73 Å². The summed E-state index contributed by atoms with van der Waals surface area (Å²) in [5.74, 6) is -1.06. The number of hydrogen-bond donors (Lipinski definition) is 1. The Morgan fingerprint density at radius 3 is 2.20 bits per heavy atom. The van der Waals surface area contributed by atoms with Gasteiger partial charge in [0.25, 0.3) is 11.8 Å². The Kier molecular flexibility index (Phi) is 6.99. The first-order valence-electron chi connectivity index (χ1n) is 14.6. The van der Waals surface area contributed by atoms with Crippen LogP contribution >= 0.6 is 0 Å². The Balaban J connectivity index is 1.25. The molecule has 1 aromatic heterocycles. The zero-order chi connectivity index (χ0) is 31.8. The molecule has 0 fully saturated rings. The van der Waals surface area contributed by atoms with Crippen molar-refractivity contribution in [3.63, 3.8) is 0 Å². The molecule has 222 valence electrons. The largest absolute Gasteiger partial charge is 0.369 e. The van der Waals surface area contributed by atoms with Crippen LogP contribution in [0.4, 0.5) is 4.39 Å². The lowest BCUT2D eigenvalue weighted by atomic mass is 9.81. The van der Waals surface area contributed by atoms with Crippen molar-refractivity contribution in [3.8, 4) is 17.2 Å². The van der Waals surface area contributed by atoms with Gasteiger partial charge in [0.2, 0.25) is 0 Å². The summed E-state index contributed by atoms with van der Waals surface area (Å²) in [4.78, 5) is 34.1. The van der Waals surface area contributed by atoms with E-state index in [2.05, 4.69) is 6.07 Å². The molecule has 6 aromatic rings. The van der Waals surface area contributed by atoms with Crippen molar-refractivity contribution < 1.29 is 14.0 Å². The van der Waals surface area contributed by atoms with Crippen molar-refractivity contribution in [3.05, 3.63) is 167 Å². The highest BCUT2D eigenvalue weighted by Crippen LogP contribution is 2.41. The third kappa shape index (κ3) is 4.90. The molecule has 0 bridgehead atoms. The van der Waals surface area contributed by atoms with E-state index in [1.54, 1.807) is 59.4 Å². The zero-order valence-corrected chi connectivity index (χ0v) is 24.5. The summed E-state index contributed by atoms with van der Waals surface area (Å²) in [6.07, 6.45) is 3.58. The zero-order valence-electron chi connectivity index (χ0n) is 24.5. The molecule has 0 saturated heterocycles. The van der Waals surface area contributed by atoms with Crippen LogP contribution in [0, 0.1) is 17.1 Å². The predicted molar refractivity (Wildman–Crippen MR) is 174 cm³/mol. The summed E-state index contributed by atoms with van der Waals surface area (Å²) in [6.45, 7) is 0.0653. The van der Waals surface area contributed by atoms with E-state index in [9.17, 15) is 19.2 Å². The molecule has 0 saturated carbocycles. The topological polar surface area (TPSA) is 104 Å². The van der Waals surface area contributed by atoms with E-state index in [0.29, 0.717) is 27.8 Å². The average molecular weight is 604 g/mol. The van der Waals surface area contributed by atoms with Gasteiger partial charge in [0.15, 0.2) is 11.5 Å². The van der Waals surface area contributed by atoms with Crippen molar-refractivity contribution in [1.82, 2.24) is 9.47 Å². The minimum atomic E-state index is -1.58. The lowest BCUT2D eigenvalue weighted by molar-refractivity contribution is -0.130. The molecule has 1 aliphatic rings. The van der Waals surface area contributed by atoms with Crippen molar-refractivity contribution >= 4 is 28.5 Å². The van der Waals surface area contributed by atoms with Gasteiger partial charge in [-0.2, -0.15) is 5.26 Å². The normalized spacial score (nSPS) is 16.0. The van der Waals surface area contributed by atoms with E-state index in [0.717, 1.165) is 21.9 Å². The summed E-state index contributed by atoms with van der Waals surface area (Å²) in [6, 6.07) is 37.1. The fourth-order valence-corrected chi connectivity index (χ4v) is 5.99. The number of nitriles is 1. The van der Waals surface area contributed by atoms with Crippen LogP contribution in [-0.2, 0) is 16.9 Å². The number of hydrogen-bond acceptors (Lipinski definition) is 5. The van der Waals surface area contributed by atoms with Crippen LogP contribution in [0.25, 0.3) is 21.9 Å². The second kappa shape index (κ2) is 11.3. The number of carbonyl (C=O) groups is 2. The van der Waals surface area contributed by atoms with Gasteiger partial charge in [0, 0.05) is 18.0 Å². The Bertz CT molecular complexity index is 2200. The van der Waals surface area contributed by atoms with Crippen molar-refractivity contribution in [2.75, 3.05) is 0 Å². The van der Waals surface area contributed by atoms with Crippen molar-refractivity contribution in [2.24, 2.45) is 10.7 Å². The third-order valence-corrected chi connectivity index (χ3v) is 8.28. The molecular formula is C38H26FN5O2. The van der Waals surface area contributed by atoms with E-state index in [1.165, 1.54) is 29.2 Å². The third-order valence-electron chi connectivity index (χ3n) is 8.28. The molecule has 1 atom stereocenters. The lowest BCUT2D eigenvalue weighted by Gasteiger charge is -2.28. The van der Waals surface area contributed by atoms with Crippen LogP contribution in [0.5, 0.6) is 0 Å². The summed E-state index contributed by atoms with van der Waals surface area (Å²) in [7, 11) is 0. The quantitative estimate of drug-likeness (QED) is 0.231. The molecule has 8 heteroatoms. The van der Waals surface area contributed by atoms with E-state index < -0.39 is 17.3 Å². The number of rotatable bonds is 6. The number of guanidine groups is 1. The molecular weight excluding hydrogens is 577 g/mol. The molecule has 0 aliphatic carbocycles. The Labute approximate surface area is 264 Å². The SMILES string of the molecule is N#Cc1cccc(-c2cccc(C3(c4ccc(F)cc4)N=C(N)N(Cc4cccc(C(=O)n5cc6ccccc6c5)c4)C3=O)c2)c1. The Hall–Kier alpha value is -6.33. The maximum absolute atomic E-state index is 14.5. The summed E-state index contributed by atoms with van der Waals surface area (Å²) < 4.78 is 15.6. The van der Waals surface area contributed by atoms with Gasteiger partial charge in [0.05, 0.1) is 18.2 Å². The summed E-state index contributed by atoms with van der Waals surface area (Å²) in [5, 5.41) is 11.3. The van der Waals surface area contributed by atoms with Gasteiger partial charge in [0.1, 0.15) is 5.82 Å². The van der Waals surface area contributed by atoms with Crippen molar-refractivity contribution in [1.29, 1.82) is 5.26 Å². The van der Waals surface area contributed by atoms with Gasteiger partial charge in [-0.1, -0.05) is 78.9 Å². The van der Waals surface area contributed by atoms with Crippen LogP contribution in [0.15, 0.2) is 139 Å². The molecule has 0 radical (unpaired) electrons. The summed E-state index contributed by atoms with van der Waals surface area (Å²) >= 11 is 0. The number of amides is 1. The lowest BCUT2D eigenvalue weighted by Crippen LogP contribution is -2.43. The van der Waals surface area contributed by atoms with Gasteiger partial charge >= 0.3 is 0 Å². The smallest absolute Gasteiger partial charge is 0.266 e. The Morgan fingerprint density at radius 1 is 0.804 bits per heavy atom. The van der Waals surface area contributed by atoms with Gasteiger partial charge < -0.3 is 5.73 Å². The van der Waals surface area contributed by atoms with Gasteiger partial charge in [-0.05, 0) is 81.1 Å². The fourth-order valence-electron chi connectivity index (χ4n) is 5.99. The van der Waals surface area contributed by atoms with E-state index in [4.69, 9.17) is 10.7 Å². The minimum absolute atomic E-state index is 0.000375. The van der Waals surface area contributed by atoms with E-state index >= 15 is 0 Å². The number of fused-ring (bicyclic) bond motifs is 1. The van der Waals surface area contributed by atoms with Crippen LogP contribution in [0.1, 0.15) is 32.6 Å². The average Bonchev–Trinajstić information content (AvgIpc) is 3.64. The highest BCUT2D eigenvalue weighted by atomic mass is 19.1. The highest BCUT2D eigenvalue weighted by Gasteiger charge is 2.50. The highest BCUT2D eigenvalue weighted by molar-refractivity contribution is 6.09. The number of nitrogens with two attached hydrogens (primary N) is 1. The molecule has 1 amide bonds. The molecule has 1 aliphatic heterocycles. The molecule has 2 heterocycles. The predicted octanol–water partition coefficient (Wildman–Crippen LogP) is 6.61. The molecule has 5 aromatic carbocycles. The maximum Gasteiger partial charge on any atom is 0.266 e. The monoisotopic (exact) mass is 603 g/mol. The second-order valence-corrected chi connectivity index (χ2v) is 11.2. The standard InChI is InChI=1S/C38H26FN5O2/c39-34-16-14-32(15-17-34)38(33-13-5-11-28(20-33)27-10-3-6-25(18-27)21-40)36(46)44(37(41)42-38)22-26-7-4-12-29(19-26)35(45)43-23-30-8-1-2-9-31(30)24-43/h1-20,23-24H,22H2,(H2,41,42). The van der Waals surface area contributed by atoms with E-state index in [-0.39, 0.29) is 18.4 Å². The van der Waals surface area contributed by atoms with Gasteiger partial charge in [-0.15, -0.1) is 0 Å². The molecule has 0 spiro atoms. The number of aliphatic imine (C=N–C) groups is 1. The number of aromatic nitrogens is 1. The number of nitrogens with zero attached hydrogens (tertiary/aromatic N) is 4. The summed E-state index contributed by atoms with van der Waals surface area (Å²) in [5.41, 5.74) is 9.12. The minimum Gasteiger partial charge on any atom is -0.369 e. The fraction of sp³-hybridized carbons (Fsp3) is 0.0526. The van der Waals surface area contributed by atoms with Crippen LogP contribution in [0.3, 0.4) is 0 Å². The molecule has 46 heavy (non-hydrogen) atoms. The number of halogens is 1. The van der Waals surface area contributed by atoms with Crippen LogP contribution in [-0.4, -0.2) is 27.2 Å². The van der Waals surface area contributed by atoms with E-state index in [1.807, 2.05) is 54.6 Å². The molecule has 7 nitrogen and oxygen atoms in total. The maximum atomic E-state index is 14.5. The first-order valence-corrected chi connectivity index (χ1v) is 14.6. The van der Waals surface area contributed by atoms with Gasteiger partial charge in [-0.25, -0.2) is 9.38 Å². The Morgan fingerprint density at radius 2 is 1.48 bits per heavy atom.